The van der Waals surface area contributed by atoms with Crippen molar-refractivity contribution in [3.05, 3.63) is 17.0 Å². The van der Waals surface area contributed by atoms with E-state index in [0.717, 1.165) is 25.7 Å². The Kier molecular flexibility index (Phi) is 4.85. The zero-order valence-corrected chi connectivity index (χ0v) is 13.4. The summed E-state index contributed by atoms with van der Waals surface area (Å²) < 4.78 is 40.6. The number of amides is 1. The van der Waals surface area contributed by atoms with Crippen molar-refractivity contribution < 1.29 is 23.1 Å². The minimum Gasteiger partial charge on any atom is -0.393 e. The van der Waals surface area contributed by atoms with Gasteiger partial charge < -0.3 is 10.4 Å². The van der Waals surface area contributed by atoms with Crippen LogP contribution in [0, 0.1) is 5.92 Å². The van der Waals surface area contributed by atoms with Crippen LogP contribution in [0.25, 0.3) is 0 Å². The molecule has 1 aromatic heterocycles. The van der Waals surface area contributed by atoms with Gasteiger partial charge in [-0.1, -0.05) is 6.42 Å². The molecule has 2 atom stereocenters. The van der Waals surface area contributed by atoms with Crippen LogP contribution in [-0.4, -0.2) is 33.4 Å². The standard InChI is InChI=1S/C16H22F3N3O2/c17-16(18,19)15-11-5-1-2-6-12(11)22(21-15)9-14(24)20-8-10-4-3-7-13(10)23/h10,13,23H,1-9H2,(H,20,24)/t10-,13+/m1/s1. The average Bonchev–Trinajstić information content (AvgIpc) is 3.09. The number of halogens is 3. The van der Waals surface area contributed by atoms with Gasteiger partial charge in [-0.05, 0) is 38.5 Å². The predicted molar refractivity (Wildman–Crippen MR) is 80.2 cm³/mol. The highest BCUT2D eigenvalue weighted by atomic mass is 19.4. The Morgan fingerprint density at radius 1 is 1.25 bits per heavy atom. The molecule has 24 heavy (non-hydrogen) atoms. The molecule has 2 aliphatic carbocycles. The summed E-state index contributed by atoms with van der Waals surface area (Å²) in [6.07, 6.45) is 0.0472. The highest BCUT2D eigenvalue weighted by Crippen LogP contribution is 2.35. The van der Waals surface area contributed by atoms with Crippen LogP contribution in [0.5, 0.6) is 0 Å². The number of nitrogens with zero attached hydrogens (tertiary/aromatic N) is 2. The van der Waals surface area contributed by atoms with E-state index in [-0.39, 0.29) is 23.9 Å². The number of alkyl halides is 3. The van der Waals surface area contributed by atoms with Gasteiger partial charge in [0, 0.05) is 23.7 Å². The molecule has 0 aliphatic heterocycles. The van der Waals surface area contributed by atoms with E-state index in [1.54, 1.807) is 0 Å². The second kappa shape index (κ2) is 6.74. The van der Waals surface area contributed by atoms with Gasteiger partial charge in [0.05, 0.1) is 6.10 Å². The first kappa shape index (κ1) is 17.3. The van der Waals surface area contributed by atoms with Crippen LogP contribution >= 0.6 is 0 Å². The summed E-state index contributed by atoms with van der Waals surface area (Å²) >= 11 is 0. The second-order valence-corrected chi connectivity index (χ2v) is 6.70. The quantitative estimate of drug-likeness (QED) is 0.878. The molecular weight excluding hydrogens is 323 g/mol. The van der Waals surface area contributed by atoms with E-state index >= 15 is 0 Å². The summed E-state index contributed by atoms with van der Waals surface area (Å²) in [5.74, 6) is -0.329. The van der Waals surface area contributed by atoms with E-state index < -0.39 is 18.0 Å². The summed E-state index contributed by atoms with van der Waals surface area (Å²) in [6.45, 7) is 0.150. The average molecular weight is 345 g/mol. The van der Waals surface area contributed by atoms with E-state index in [1.165, 1.54) is 4.68 Å². The molecule has 0 saturated heterocycles. The summed E-state index contributed by atoms with van der Waals surface area (Å²) in [6, 6.07) is 0. The maximum absolute atomic E-state index is 13.1. The van der Waals surface area contributed by atoms with Gasteiger partial charge in [0.25, 0.3) is 0 Å². The SMILES string of the molecule is O=C(Cn1nc(C(F)(F)F)c2c1CCCC2)NC[C@H]1CCC[C@@H]1O. The van der Waals surface area contributed by atoms with E-state index in [0.29, 0.717) is 31.5 Å². The smallest absolute Gasteiger partial charge is 0.393 e. The molecule has 1 aromatic rings. The van der Waals surface area contributed by atoms with Gasteiger partial charge in [0.15, 0.2) is 5.69 Å². The molecule has 0 bridgehead atoms. The number of carbonyl (C=O) groups excluding carboxylic acids is 1. The van der Waals surface area contributed by atoms with E-state index in [2.05, 4.69) is 10.4 Å². The first-order chi connectivity index (χ1) is 11.4. The minimum absolute atomic E-state index is 0.0335. The molecule has 2 aliphatic rings. The topological polar surface area (TPSA) is 67.2 Å². The fraction of sp³-hybridized carbons (Fsp3) is 0.750. The number of fused-ring (bicyclic) bond motifs is 1. The van der Waals surface area contributed by atoms with Gasteiger partial charge in [0.1, 0.15) is 6.54 Å². The van der Waals surface area contributed by atoms with Crippen molar-refractivity contribution in [3.63, 3.8) is 0 Å². The molecule has 1 fully saturated rings. The molecule has 0 unspecified atom stereocenters. The summed E-state index contributed by atoms with van der Waals surface area (Å²) in [4.78, 5) is 12.1. The van der Waals surface area contributed by atoms with Crippen molar-refractivity contribution in [3.8, 4) is 0 Å². The Hall–Kier alpha value is -1.57. The normalized spacial score (nSPS) is 24.0. The summed E-state index contributed by atoms with van der Waals surface area (Å²) in [5, 5.41) is 16.1. The number of aliphatic hydroxyl groups is 1. The zero-order valence-electron chi connectivity index (χ0n) is 13.4. The van der Waals surface area contributed by atoms with Gasteiger partial charge in [-0.15, -0.1) is 0 Å². The summed E-state index contributed by atoms with van der Waals surface area (Å²) in [5.41, 5.74) is -0.0754. The molecular formula is C16H22F3N3O2. The van der Waals surface area contributed by atoms with Crippen LogP contribution in [0.1, 0.15) is 49.1 Å². The summed E-state index contributed by atoms with van der Waals surface area (Å²) in [7, 11) is 0. The number of aliphatic hydroxyl groups excluding tert-OH is 1. The lowest BCUT2D eigenvalue weighted by Crippen LogP contribution is -2.35. The van der Waals surface area contributed by atoms with E-state index in [1.807, 2.05) is 0 Å². The van der Waals surface area contributed by atoms with Crippen molar-refractivity contribution in [2.75, 3.05) is 6.54 Å². The van der Waals surface area contributed by atoms with Crippen molar-refractivity contribution in [1.29, 1.82) is 0 Å². The maximum atomic E-state index is 13.1. The van der Waals surface area contributed by atoms with Gasteiger partial charge in [-0.3, -0.25) is 9.48 Å². The van der Waals surface area contributed by atoms with Gasteiger partial charge in [-0.25, -0.2) is 0 Å². The van der Waals surface area contributed by atoms with Crippen LogP contribution in [-0.2, 0) is 30.4 Å². The van der Waals surface area contributed by atoms with Crippen molar-refractivity contribution in [2.45, 2.75) is 63.8 Å². The monoisotopic (exact) mass is 345 g/mol. The van der Waals surface area contributed by atoms with Crippen molar-refractivity contribution in [1.82, 2.24) is 15.1 Å². The van der Waals surface area contributed by atoms with Crippen molar-refractivity contribution in [2.24, 2.45) is 5.92 Å². The lowest BCUT2D eigenvalue weighted by atomic mass is 9.95. The molecule has 0 radical (unpaired) electrons. The highest BCUT2D eigenvalue weighted by molar-refractivity contribution is 5.75. The van der Waals surface area contributed by atoms with Gasteiger partial charge >= 0.3 is 6.18 Å². The van der Waals surface area contributed by atoms with Crippen LogP contribution in [0.2, 0.25) is 0 Å². The second-order valence-electron chi connectivity index (χ2n) is 6.70. The lowest BCUT2D eigenvalue weighted by Gasteiger charge is -2.16. The van der Waals surface area contributed by atoms with Crippen LogP contribution in [0.15, 0.2) is 0 Å². The van der Waals surface area contributed by atoms with Gasteiger partial charge in [0.2, 0.25) is 5.91 Å². The Labute approximate surface area is 138 Å². The molecule has 1 amide bonds. The van der Waals surface area contributed by atoms with Crippen molar-refractivity contribution >= 4 is 5.91 Å². The van der Waals surface area contributed by atoms with Crippen LogP contribution < -0.4 is 5.32 Å². The van der Waals surface area contributed by atoms with E-state index in [4.69, 9.17) is 0 Å². The number of nitrogens with one attached hydrogen (secondary N) is 1. The molecule has 0 aromatic carbocycles. The van der Waals surface area contributed by atoms with Crippen LogP contribution in [0.3, 0.4) is 0 Å². The highest BCUT2D eigenvalue weighted by Gasteiger charge is 2.39. The molecule has 2 N–H and O–H groups in total. The van der Waals surface area contributed by atoms with Gasteiger partial charge in [-0.2, -0.15) is 18.3 Å². The number of hydrogen-bond acceptors (Lipinski definition) is 3. The third kappa shape index (κ3) is 3.58. The number of rotatable bonds is 4. The molecule has 0 spiro atoms. The zero-order chi connectivity index (χ0) is 17.3. The first-order valence-corrected chi connectivity index (χ1v) is 8.47. The molecule has 134 valence electrons. The number of aromatic nitrogens is 2. The fourth-order valence-corrected chi connectivity index (χ4v) is 3.72. The molecule has 1 saturated carbocycles. The minimum atomic E-state index is -4.49. The van der Waals surface area contributed by atoms with Crippen LogP contribution in [0.4, 0.5) is 13.2 Å². The molecule has 3 rings (SSSR count). The Balaban J connectivity index is 1.68. The first-order valence-electron chi connectivity index (χ1n) is 8.47. The molecule has 8 heteroatoms. The molecule has 5 nitrogen and oxygen atoms in total. The third-order valence-electron chi connectivity index (χ3n) is 5.00. The third-order valence-corrected chi connectivity index (χ3v) is 5.00. The number of carbonyl (C=O) groups is 1. The van der Waals surface area contributed by atoms with E-state index in [9.17, 15) is 23.1 Å². The molecule has 1 heterocycles. The fourth-order valence-electron chi connectivity index (χ4n) is 3.72. The maximum Gasteiger partial charge on any atom is 0.435 e. The Morgan fingerprint density at radius 3 is 2.67 bits per heavy atom. The lowest BCUT2D eigenvalue weighted by molar-refractivity contribution is -0.142. The predicted octanol–water partition coefficient (Wildman–Crippen LogP) is 2.06. The number of hydrogen-bond donors (Lipinski definition) is 2. The Morgan fingerprint density at radius 2 is 2.00 bits per heavy atom. The largest absolute Gasteiger partial charge is 0.435 e. The Bertz CT molecular complexity index is 612.